The summed E-state index contributed by atoms with van der Waals surface area (Å²) < 4.78 is 17.5. The predicted molar refractivity (Wildman–Crippen MR) is 104 cm³/mol. The number of aromatic nitrogens is 4. The van der Waals surface area contributed by atoms with Crippen LogP contribution in [0.25, 0.3) is 38.5 Å². The summed E-state index contributed by atoms with van der Waals surface area (Å²) >= 11 is 6.05. The van der Waals surface area contributed by atoms with Gasteiger partial charge in [0.05, 0.1) is 33.6 Å². The van der Waals surface area contributed by atoms with Crippen LogP contribution in [0.5, 0.6) is 0 Å². The Balaban J connectivity index is 2.07. The van der Waals surface area contributed by atoms with Crippen molar-refractivity contribution in [3.05, 3.63) is 76.2 Å². The third-order valence-corrected chi connectivity index (χ3v) is 5.02. The molecular formula is C20H12ClFN4O. The van der Waals surface area contributed by atoms with E-state index in [1.54, 1.807) is 24.1 Å². The van der Waals surface area contributed by atoms with Crippen molar-refractivity contribution in [3.63, 3.8) is 0 Å². The van der Waals surface area contributed by atoms with E-state index in [4.69, 9.17) is 11.6 Å². The molecule has 0 fully saturated rings. The molecule has 5 rings (SSSR count). The van der Waals surface area contributed by atoms with Gasteiger partial charge in [-0.3, -0.25) is 14.3 Å². The van der Waals surface area contributed by atoms with Gasteiger partial charge in [-0.1, -0.05) is 29.8 Å². The highest BCUT2D eigenvalue weighted by Crippen LogP contribution is 2.30. The molecule has 0 unspecified atom stereocenters. The number of benzene rings is 2. The number of fused-ring (bicyclic) bond motifs is 4. The lowest BCUT2D eigenvalue weighted by Crippen LogP contribution is -2.20. The van der Waals surface area contributed by atoms with Crippen LogP contribution in [-0.4, -0.2) is 19.1 Å². The highest BCUT2D eigenvalue weighted by Gasteiger charge is 2.19. The molecule has 0 aliphatic carbocycles. The molecule has 0 saturated carbocycles. The lowest BCUT2D eigenvalue weighted by molar-refractivity contribution is 0.630. The van der Waals surface area contributed by atoms with Gasteiger partial charge in [0.2, 0.25) is 0 Å². The maximum Gasteiger partial charge on any atom is 0.283 e. The molecule has 0 aliphatic rings. The van der Waals surface area contributed by atoms with Crippen LogP contribution < -0.4 is 5.56 Å². The predicted octanol–water partition coefficient (Wildman–Crippen LogP) is 4.22. The van der Waals surface area contributed by atoms with E-state index in [9.17, 15) is 9.18 Å². The molecule has 27 heavy (non-hydrogen) atoms. The van der Waals surface area contributed by atoms with E-state index in [1.165, 1.54) is 16.7 Å². The maximum atomic E-state index is 14.2. The molecule has 132 valence electrons. The van der Waals surface area contributed by atoms with Gasteiger partial charge in [0.15, 0.2) is 5.52 Å². The zero-order chi connectivity index (χ0) is 18.7. The second kappa shape index (κ2) is 5.62. The van der Waals surface area contributed by atoms with Crippen LogP contribution in [0.4, 0.5) is 4.39 Å². The minimum absolute atomic E-state index is 0.0506. The minimum Gasteiger partial charge on any atom is -0.333 e. The topological polar surface area (TPSA) is 52.7 Å². The van der Waals surface area contributed by atoms with Gasteiger partial charge < -0.3 is 4.57 Å². The van der Waals surface area contributed by atoms with E-state index in [2.05, 4.69) is 9.97 Å². The van der Waals surface area contributed by atoms with Gasteiger partial charge in [-0.2, -0.15) is 0 Å². The van der Waals surface area contributed by atoms with E-state index in [0.717, 1.165) is 5.39 Å². The van der Waals surface area contributed by atoms with Crippen molar-refractivity contribution in [2.24, 2.45) is 7.05 Å². The Bertz CT molecular complexity index is 1430. The lowest BCUT2D eigenvalue weighted by atomic mass is 10.1. The minimum atomic E-state index is -0.548. The van der Waals surface area contributed by atoms with Crippen LogP contribution in [0.3, 0.4) is 0 Å². The third-order valence-electron chi connectivity index (χ3n) is 4.73. The van der Waals surface area contributed by atoms with Crippen LogP contribution >= 0.6 is 11.6 Å². The average Bonchev–Trinajstić information content (AvgIpc) is 3.06. The maximum absolute atomic E-state index is 14.2. The Hall–Kier alpha value is -3.25. The first-order valence-corrected chi connectivity index (χ1v) is 8.63. The molecule has 3 aromatic heterocycles. The Morgan fingerprint density at radius 3 is 2.74 bits per heavy atom. The van der Waals surface area contributed by atoms with Crippen LogP contribution in [0.15, 0.2) is 59.8 Å². The van der Waals surface area contributed by atoms with Crippen LogP contribution in [0, 0.1) is 5.82 Å². The molecule has 3 heterocycles. The van der Waals surface area contributed by atoms with Gasteiger partial charge in [-0.05, 0) is 24.3 Å². The van der Waals surface area contributed by atoms with E-state index >= 15 is 0 Å². The van der Waals surface area contributed by atoms with Crippen molar-refractivity contribution < 1.29 is 4.39 Å². The second-order valence-corrected chi connectivity index (χ2v) is 6.74. The molecule has 0 saturated heterocycles. The van der Waals surface area contributed by atoms with Crippen molar-refractivity contribution in [2.75, 3.05) is 0 Å². The number of halogens is 2. The summed E-state index contributed by atoms with van der Waals surface area (Å²) in [6.07, 6.45) is 3.22. The van der Waals surface area contributed by atoms with E-state index in [0.29, 0.717) is 27.6 Å². The SMILES string of the molecule is Cn1cnc2c(=O)n(-c3cccc4cccnc34)c3cc(Cl)c(F)cc3c21. The normalized spacial score (nSPS) is 11.7. The summed E-state index contributed by atoms with van der Waals surface area (Å²) in [6, 6.07) is 12.2. The van der Waals surface area contributed by atoms with Gasteiger partial charge in [0, 0.05) is 24.0 Å². The Morgan fingerprint density at radius 2 is 1.89 bits per heavy atom. The lowest BCUT2D eigenvalue weighted by Gasteiger charge is -2.14. The fourth-order valence-electron chi connectivity index (χ4n) is 3.54. The Morgan fingerprint density at radius 1 is 1.07 bits per heavy atom. The second-order valence-electron chi connectivity index (χ2n) is 6.33. The summed E-state index contributed by atoms with van der Waals surface area (Å²) in [5, 5.41) is 1.40. The third kappa shape index (κ3) is 2.20. The molecule has 2 aromatic carbocycles. The van der Waals surface area contributed by atoms with E-state index in [1.807, 2.05) is 30.3 Å². The largest absolute Gasteiger partial charge is 0.333 e. The summed E-state index contributed by atoms with van der Waals surface area (Å²) in [6.45, 7) is 0. The van der Waals surface area contributed by atoms with Crippen LogP contribution in [0.2, 0.25) is 5.02 Å². The molecule has 0 atom stereocenters. The van der Waals surface area contributed by atoms with Gasteiger partial charge in [0.1, 0.15) is 5.82 Å². The van der Waals surface area contributed by atoms with Crippen molar-refractivity contribution in [3.8, 4) is 5.69 Å². The zero-order valence-corrected chi connectivity index (χ0v) is 14.9. The number of imidazole rings is 1. The molecule has 0 bridgehead atoms. The first-order valence-electron chi connectivity index (χ1n) is 8.25. The number of rotatable bonds is 1. The Kier molecular flexibility index (Phi) is 3.32. The number of hydrogen-bond donors (Lipinski definition) is 0. The number of para-hydroxylation sites is 1. The van der Waals surface area contributed by atoms with Gasteiger partial charge in [0.25, 0.3) is 5.56 Å². The fourth-order valence-corrected chi connectivity index (χ4v) is 3.70. The standard InChI is InChI=1S/C20H12ClFN4O/c1-25-10-24-18-19(25)12-8-14(22)13(21)9-16(12)26(20(18)27)15-6-2-4-11-5-3-7-23-17(11)15/h2-10H,1H3. The highest BCUT2D eigenvalue weighted by atomic mass is 35.5. The summed E-state index contributed by atoms with van der Waals surface area (Å²) in [5.74, 6) is -0.548. The average molecular weight is 379 g/mol. The van der Waals surface area contributed by atoms with E-state index in [-0.39, 0.29) is 16.1 Å². The number of pyridine rings is 2. The molecule has 0 amide bonds. The van der Waals surface area contributed by atoms with Crippen molar-refractivity contribution >= 4 is 44.4 Å². The quantitative estimate of drug-likeness (QED) is 0.439. The molecule has 0 spiro atoms. The van der Waals surface area contributed by atoms with Gasteiger partial charge in [-0.15, -0.1) is 0 Å². The van der Waals surface area contributed by atoms with Gasteiger partial charge in [-0.25, -0.2) is 9.37 Å². The monoisotopic (exact) mass is 378 g/mol. The molecule has 0 aliphatic heterocycles. The molecule has 0 N–H and O–H groups in total. The smallest absolute Gasteiger partial charge is 0.283 e. The summed E-state index contributed by atoms with van der Waals surface area (Å²) in [5.41, 5.74) is 2.28. The summed E-state index contributed by atoms with van der Waals surface area (Å²) in [7, 11) is 1.77. The number of aryl methyl sites for hydroxylation is 1. The van der Waals surface area contributed by atoms with Gasteiger partial charge >= 0.3 is 0 Å². The number of nitrogens with zero attached hydrogens (tertiary/aromatic N) is 4. The highest BCUT2D eigenvalue weighted by molar-refractivity contribution is 6.31. The number of hydrogen-bond acceptors (Lipinski definition) is 3. The Labute approximate surface area is 157 Å². The van der Waals surface area contributed by atoms with E-state index < -0.39 is 5.82 Å². The fraction of sp³-hybridized carbons (Fsp3) is 0.0500. The molecular weight excluding hydrogens is 367 g/mol. The van der Waals surface area contributed by atoms with Crippen molar-refractivity contribution in [2.45, 2.75) is 0 Å². The summed E-state index contributed by atoms with van der Waals surface area (Å²) in [4.78, 5) is 22.0. The molecule has 7 heteroatoms. The van der Waals surface area contributed by atoms with Crippen LogP contribution in [-0.2, 0) is 7.05 Å². The molecule has 5 aromatic rings. The zero-order valence-electron chi connectivity index (χ0n) is 14.1. The van der Waals surface area contributed by atoms with Crippen molar-refractivity contribution in [1.29, 1.82) is 0 Å². The molecule has 5 nitrogen and oxygen atoms in total. The molecule has 0 radical (unpaired) electrons. The van der Waals surface area contributed by atoms with Crippen molar-refractivity contribution in [1.82, 2.24) is 19.1 Å². The first-order chi connectivity index (χ1) is 13.1. The van der Waals surface area contributed by atoms with Crippen LogP contribution in [0.1, 0.15) is 0 Å². The first kappa shape index (κ1) is 16.0.